The van der Waals surface area contributed by atoms with Gasteiger partial charge < -0.3 is 9.73 Å². The second-order valence-electron chi connectivity index (χ2n) is 6.47. The van der Waals surface area contributed by atoms with Crippen LogP contribution in [0.15, 0.2) is 82.4 Å². The van der Waals surface area contributed by atoms with Crippen LogP contribution in [0.2, 0.25) is 15.1 Å². The maximum absolute atomic E-state index is 12.5. The average molecular weight is 490 g/mol. The first kappa shape index (κ1) is 21.8. The Kier molecular flexibility index (Phi) is 6.88. The number of hydrogen-bond donors (Lipinski definition) is 1. The molecule has 0 radical (unpaired) electrons. The minimum Gasteiger partial charge on any atom is -0.431 e. The zero-order valence-electron chi connectivity index (χ0n) is 15.9. The Labute approximate surface area is 198 Å². The highest BCUT2D eigenvalue weighted by Gasteiger charge is 2.18. The molecular formula is C23H15Cl3N2O2S. The number of nitrogens with one attached hydrogen (secondary N) is 1. The molecule has 0 aliphatic heterocycles. The van der Waals surface area contributed by atoms with E-state index in [2.05, 4.69) is 10.3 Å². The van der Waals surface area contributed by atoms with Gasteiger partial charge in [-0.05, 0) is 12.1 Å². The van der Waals surface area contributed by atoms with E-state index in [0.717, 1.165) is 16.8 Å². The second-order valence-corrected chi connectivity index (χ2v) is 8.65. The van der Waals surface area contributed by atoms with Gasteiger partial charge in [0.1, 0.15) is 5.69 Å². The zero-order valence-corrected chi connectivity index (χ0v) is 19.0. The summed E-state index contributed by atoms with van der Waals surface area (Å²) in [6.07, 6.45) is 0. The van der Waals surface area contributed by atoms with Crippen molar-refractivity contribution in [3.8, 4) is 22.6 Å². The molecule has 0 saturated carbocycles. The van der Waals surface area contributed by atoms with Gasteiger partial charge >= 0.3 is 0 Å². The number of amides is 1. The van der Waals surface area contributed by atoms with Gasteiger partial charge in [0.2, 0.25) is 5.91 Å². The number of anilines is 1. The lowest BCUT2D eigenvalue weighted by molar-refractivity contribution is -0.113. The molecule has 4 aromatic rings. The van der Waals surface area contributed by atoms with Crippen LogP contribution in [0.1, 0.15) is 0 Å². The molecule has 0 unspecified atom stereocenters. The number of rotatable bonds is 6. The van der Waals surface area contributed by atoms with Crippen LogP contribution >= 0.6 is 46.6 Å². The molecule has 1 heterocycles. The van der Waals surface area contributed by atoms with Crippen molar-refractivity contribution in [1.29, 1.82) is 0 Å². The highest BCUT2D eigenvalue weighted by Crippen LogP contribution is 2.36. The number of aromatic nitrogens is 1. The van der Waals surface area contributed by atoms with Gasteiger partial charge in [0, 0.05) is 16.1 Å². The fourth-order valence-electron chi connectivity index (χ4n) is 2.90. The first-order chi connectivity index (χ1) is 15.0. The summed E-state index contributed by atoms with van der Waals surface area (Å²) in [6, 6.07) is 22.5. The average Bonchev–Trinajstić information content (AvgIpc) is 3.20. The molecule has 0 bridgehead atoms. The van der Waals surface area contributed by atoms with E-state index in [1.165, 1.54) is 23.9 Å². The highest BCUT2D eigenvalue weighted by atomic mass is 35.5. The Bertz CT molecular complexity index is 1130. The number of benzene rings is 3. The standard InChI is InChI=1S/C23H15Cl3N2O2S/c24-16-11-17(25)21(18(26)12-16)27-19(29)13-31-23-28-20(14-7-3-1-4-8-14)22(30-23)15-9-5-2-6-10-15/h1-12H,13H2,(H,27,29). The SMILES string of the molecule is O=C(CSc1nc(-c2ccccc2)c(-c2ccccc2)o1)Nc1c(Cl)cc(Cl)cc1Cl. The molecule has 1 N–H and O–H groups in total. The Morgan fingerprint density at radius 1 is 0.903 bits per heavy atom. The lowest BCUT2D eigenvalue weighted by Gasteiger charge is -2.09. The van der Waals surface area contributed by atoms with E-state index in [4.69, 9.17) is 39.2 Å². The molecule has 31 heavy (non-hydrogen) atoms. The predicted molar refractivity (Wildman–Crippen MR) is 128 cm³/mol. The second kappa shape index (κ2) is 9.79. The molecule has 156 valence electrons. The van der Waals surface area contributed by atoms with Crippen LogP contribution in [0.4, 0.5) is 5.69 Å². The third kappa shape index (κ3) is 5.25. The summed E-state index contributed by atoms with van der Waals surface area (Å²) < 4.78 is 6.02. The van der Waals surface area contributed by atoms with Gasteiger partial charge in [-0.3, -0.25) is 4.79 Å². The fraction of sp³-hybridized carbons (Fsp3) is 0.0435. The van der Waals surface area contributed by atoms with Gasteiger partial charge in [-0.1, -0.05) is 107 Å². The largest absolute Gasteiger partial charge is 0.431 e. The van der Waals surface area contributed by atoms with E-state index in [0.29, 0.717) is 21.7 Å². The van der Waals surface area contributed by atoms with Gasteiger partial charge in [0.15, 0.2) is 5.76 Å². The quantitative estimate of drug-likeness (QED) is 0.282. The fourth-order valence-corrected chi connectivity index (χ4v) is 4.44. The Hall–Kier alpha value is -2.44. The number of halogens is 3. The summed E-state index contributed by atoms with van der Waals surface area (Å²) in [6.45, 7) is 0. The van der Waals surface area contributed by atoms with Crippen LogP contribution in [-0.4, -0.2) is 16.6 Å². The van der Waals surface area contributed by atoms with E-state index in [-0.39, 0.29) is 21.7 Å². The zero-order chi connectivity index (χ0) is 21.8. The molecule has 3 aromatic carbocycles. The molecule has 4 rings (SSSR count). The summed E-state index contributed by atoms with van der Waals surface area (Å²) in [5, 5.41) is 4.03. The molecule has 0 aliphatic carbocycles. The summed E-state index contributed by atoms with van der Waals surface area (Å²) in [4.78, 5) is 17.1. The lowest BCUT2D eigenvalue weighted by atomic mass is 10.1. The smallest absolute Gasteiger partial charge is 0.257 e. The number of thioether (sulfide) groups is 1. The molecule has 8 heteroatoms. The Morgan fingerprint density at radius 3 is 2.10 bits per heavy atom. The first-order valence-corrected chi connectivity index (χ1v) is 11.3. The van der Waals surface area contributed by atoms with Crippen LogP contribution < -0.4 is 5.32 Å². The number of hydrogen-bond acceptors (Lipinski definition) is 4. The third-order valence-electron chi connectivity index (χ3n) is 4.29. The van der Waals surface area contributed by atoms with Crippen LogP contribution in [0.5, 0.6) is 0 Å². The van der Waals surface area contributed by atoms with Crippen LogP contribution in [-0.2, 0) is 4.79 Å². The van der Waals surface area contributed by atoms with Crippen molar-refractivity contribution in [1.82, 2.24) is 4.98 Å². The highest BCUT2D eigenvalue weighted by molar-refractivity contribution is 7.99. The van der Waals surface area contributed by atoms with Crippen molar-refractivity contribution >= 4 is 58.2 Å². The summed E-state index contributed by atoms with van der Waals surface area (Å²) >= 11 is 19.4. The summed E-state index contributed by atoms with van der Waals surface area (Å²) in [5.41, 5.74) is 2.88. The maximum atomic E-state index is 12.5. The molecule has 0 fully saturated rings. The molecular weight excluding hydrogens is 475 g/mol. The van der Waals surface area contributed by atoms with Crippen molar-refractivity contribution in [3.05, 3.63) is 87.9 Å². The van der Waals surface area contributed by atoms with Crippen molar-refractivity contribution in [2.75, 3.05) is 11.1 Å². The van der Waals surface area contributed by atoms with Gasteiger partial charge in [-0.2, -0.15) is 0 Å². The third-order valence-corrected chi connectivity index (χ3v) is 5.93. The number of oxazole rings is 1. The van der Waals surface area contributed by atoms with E-state index in [1.54, 1.807) is 0 Å². The summed E-state index contributed by atoms with van der Waals surface area (Å²) in [5.74, 6) is 0.425. The van der Waals surface area contributed by atoms with Crippen molar-refractivity contribution in [3.63, 3.8) is 0 Å². The lowest BCUT2D eigenvalue weighted by Crippen LogP contribution is -2.14. The Balaban J connectivity index is 1.54. The van der Waals surface area contributed by atoms with Crippen molar-refractivity contribution in [2.45, 2.75) is 5.22 Å². The van der Waals surface area contributed by atoms with E-state index in [1.807, 2.05) is 60.7 Å². The van der Waals surface area contributed by atoms with Crippen molar-refractivity contribution < 1.29 is 9.21 Å². The normalized spacial score (nSPS) is 10.8. The van der Waals surface area contributed by atoms with Crippen molar-refractivity contribution in [2.24, 2.45) is 0 Å². The Morgan fingerprint density at radius 2 is 1.48 bits per heavy atom. The summed E-state index contributed by atoms with van der Waals surface area (Å²) in [7, 11) is 0. The molecule has 1 aromatic heterocycles. The molecule has 0 spiro atoms. The minimum absolute atomic E-state index is 0.0677. The molecule has 0 atom stereocenters. The van der Waals surface area contributed by atoms with Gasteiger partial charge in [0.25, 0.3) is 5.22 Å². The number of nitrogens with zero attached hydrogens (tertiary/aromatic N) is 1. The predicted octanol–water partition coefficient (Wildman–Crippen LogP) is 7.70. The molecule has 1 amide bonds. The maximum Gasteiger partial charge on any atom is 0.257 e. The topological polar surface area (TPSA) is 55.1 Å². The molecule has 0 saturated heterocycles. The van der Waals surface area contributed by atoms with Gasteiger partial charge in [-0.25, -0.2) is 4.98 Å². The molecule has 4 nitrogen and oxygen atoms in total. The number of carbonyl (C=O) groups is 1. The van der Waals surface area contributed by atoms with E-state index < -0.39 is 0 Å². The monoisotopic (exact) mass is 488 g/mol. The van der Waals surface area contributed by atoms with Crippen LogP contribution in [0.3, 0.4) is 0 Å². The van der Waals surface area contributed by atoms with E-state index >= 15 is 0 Å². The van der Waals surface area contributed by atoms with E-state index in [9.17, 15) is 4.79 Å². The van der Waals surface area contributed by atoms with Crippen LogP contribution in [0, 0.1) is 0 Å². The minimum atomic E-state index is -0.295. The first-order valence-electron chi connectivity index (χ1n) is 9.20. The van der Waals surface area contributed by atoms with Gasteiger partial charge in [0.05, 0.1) is 21.5 Å². The molecule has 0 aliphatic rings. The van der Waals surface area contributed by atoms with Gasteiger partial charge in [-0.15, -0.1) is 0 Å². The number of carbonyl (C=O) groups excluding carboxylic acids is 1. The van der Waals surface area contributed by atoms with Crippen LogP contribution in [0.25, 0.3) is 22.6 Å².